The van der Waals surface area contributed by atoms with Gasteiger partial charge in [-0.2, -0.15) is 0 Å². The lowest BCUT2D eigenvalue weighted by atomic mass is 9.52. The predicted octanol–water partition coefficient (Wildman–Crippen LogP) is 3.82. The first-order valence-electron chi connectivity index (χ1n) is 5.02. The Morgan fingerprint density at radius 1 is 1.17 bits per heavy atom. The molecule has 0 heterocycles. The van der Waals surface area contributed by atoms with Crippen molar-refractivity contribution in [3.05, 3.63) is 0 Å². The van der Waals surface area contributed by atoms with Crippen LogP contribution in [0.15, 0.2) is 0 Å². The molecule has 1 unspecified atom stereocenters. The minimum atomic E-state index is -0.0635. The first-order valence-corrected chi connectivity index (χ1v) is 5.02. The number of hydrogen-bond donors (Lipinski definition) is 0. The third-order valence-corrected chi connectivity index (χ3v) is 3.19. The Hall–Kier alpha value is 0.0649. The smallest absolute Gasteiger partial charge is 0.0674 e. The minimum Gasteiger partial charge on any atom is -0.0674 e. The highest BCUT2D eigenvalue weighted by Crippen LogP contribution is 2.48. The van der Waals surface area contributed by atoms with E-state index in [9.17, 15) is 0 Å². The molecule has 0 saturated heterocycles. The summed E-state index contributed by atoms with van der Waals surface area (Å²) in [7, 11) is 6.17. The Bertz CT molecular complexity index is 132. The molecule has 0 fully saturated rings. The summed E-state index contributed by atoms with van der Waals surface area (Å²) in [6, 6.07) is 0. The third-order valence-electron chi connectivity index (χ3n) is 3.19. The van der Waals surface area contributed by atoms with Crippen LogP contribution in [0.2, 0.25) is 5.31 Å². The predicted molar refractivity (Wildman–Crippen MR) is 57.6 cm³/mol. The van der Waals surface area contributed by atoms with Gasteiger partial charge in [-0.1, -0.05) is 53.3 Å². The lowest BCUT2D eigenvalue weighted by Crippen LogP contribution is -2.30. The highest BCUT2D eigenvalue weighted by atomic mass is 14.4. The van der Waals surface area contributed by atoms with Crippen LogP contribution >= 0.6 is 0 Å². The molecule has 0 nitrogen and oxygen atoms in total. The summed E-state index contributed by atoms with van der Waals surface area (Å²) in [5, 5.41) is -0.0635. The van der Waals surface area contributed by atoms with Gasteiger partial charge < -0.3 is 0 Å². The molecule has 1 atom stereocenters. The van der Waals surface area contributed by atoms with Crippen molar-refractivity contribution in [1.82, 2.24) is 0 Å². The van der Waals surface area contributed by atoms with Gasteiger partial charge in [0.2, 0.25) is 0 Å². The van der Waals surface area contributed by atoms with E-state index in [0.29, 0.717) is 0 Å². The first-order chi connectivity index (χ1) is 5.23. The van der Waals surface area contributed by atoms with E-state index in [1.54, 1.807) is 0 Å². The van der Waals surface area contributed by atoms with E-state index in [2.05, 4.69) is 41.5 Å². The van der Waals surface area contributed by atoms with Gasteiger partial charge in [-0.3, -0.25) is 0 Å². The SMILES string of the molecule is [B]C(C)(C)C(C)(CC)CC(C)C. The van der Waals surface area contributed by atoms with Gasteiger partial charge in [-0.25, -0.2) is 0 Å². The van der Waals surface area contributed by atoms with Crippen LogP contribution in [0.3, 0.4) is 0 Å². The largest absolute Gasteiger partial charge is 0.0746 e. The average Bonchev–Trinajstić information content (AvgIpc) is 1.83. The molecule has 0 aromatic carbocycles. The number of hydrogen-bond acceptors (Lipinski definition) is 0. The maximum atomic E-state index is 6.17. The zero-order valence-electron chi connectivity index (χ0n) is 9.57. The van der Waals surface area contributed by atoms with Crippen molar-refractivity contribution in [3.63, 3.8) is 0 Å². The summed E-state index contributed by atoms with van der Waals surface area (Å²) in [4.78, 5) is 0. The molecule has 0 bridgehead atoms. The molecule has 70 valence electrons. The maximum absolute atomic E-state index is 6.17. The summed E-state index contributed by atoms with van der Waals surface area (Å²) in [6.45, 7) is 13.3. The third kappa shape index (κ3) is 2.84. The zero-order valence-corrected chi connectivity index (χ0v) is 9.57. The fourth-order valence-corrected chi connectivity index (χ4v) is 1.76. The van der Waals surface area contributed by atoms with Crippen LogP contribution in [-0.4, -0.2) is 7.85 Å². The molecule has 0 aliphatic carbocycles. The van der Waals surface area contributed by atoms with Gasteiger partial charge in [-0.15, -0.1) is 0 Å². The van der Waals surface area contributed by atoms with E-state index >= 15 is 0 Å². The van der Waals surface area contributed by atoms with Crippen LogP contribution < -0.4 is 0 Å². The van der Waals surface area contributed by atoms with Crippen LogP contribution in [0.1, 0.15) is 54.4 Å². The summed E-state index contributed by atoms with van der Waals surface area (Å²) in [5.41, 5.74) is 0.279. The molecule has 1 heteroatoms. The molecule has 0 saturated carbocycles. The molecule has 0 spiro atoms. The molecule has 0 aromatic rings. The Kier molecular flexibility index (Phi) is 3.87. The molecule has 2 radical (unpaired) electrons. The second-order valence-electron chi connectivity index (χ2n) is 5.23. The topological polar surface area (TPSA) is 0 Å². The van der Waals surface area contributed by atoms with Crippen molar-refractivity contribution < 1.29 is 0 Å². The van der Waals surface area contributed by atoms with Crippen molar-refractivity contribution >= 4 is 7.85 Å². The number of rotatable bonds is 4. The summed E-state index contributed by atoms with van der Waals surface area (Å²) < 4.78 is 0. The minimum absolute atomic E-state index is 0.0635. The van der Waals surface area contributed by atoms with Gasteiger partial charge in [0, 0.05) is 0 Å². The molecule has 12 heavy (non-hydrogen) atoms. The van der Waals surface area contributed by atoms with Crippen LogP contribution in [0.25, 0.3) is 0 Å². The van der Waals surface area contributed by atoms with E-state index in [1.807, 2.05) is 0 Å². The zero-order chi connectivity index (χ0) is 9.99. The highest BCUT2D eigenvalue weighted by Gasteiger charge is 2.35. The van der Waals surface area contributed by atoms with Crippen LogP contribution in [0.5, 0.6) is 0 Å². The lowest BCUT2D eigenvalue weighted by molar-refractivity contribution is 0.178. The quantitative estimate of drug-likeness (QED) is 0.557. The molecule has 0 aromatic heterocycles. The average molecular weight is 166 g/mol. The lowest BCUT2D eigenvalue weighted by Gasteiger charge is -2.43. The van der Waals surface area contributed by atoms with Gasteiger partial charge in [0.05, 0.1) is 7.85 Å². The van der Waals surface area contributed by atoms with Gasteiger partial charge in [0.15, 0.2) is 0 Å². The van der Waals surface area contributed by atoms with E-state index in [0.717, 1.165) is 12.3 Å². The second-order valence-corrected chi connectivity index (χ2v) is 5.23. The maximum Gasteiger partial charge on any atom is 0.0746 e. The Balaban J connectivity index is 4.46. The standard InChI is InChI=1S/C11H23B/c1-7-11(6,8-9(2)3)10(4,5)12/h9H,7-8H2,1-6H3. The van der Waals surface area contributed by atoms with Crippen molar-refractivity contribution in [2.45, 2.75) is 59.7 Å². The Labute approximate surface area is 79.5 Å². The van der Waals surface area contributed by atoms with Crippen LogP contribution in [-0.2, 0) is 0 Å². The van der Waals surface area contributed by atoms with Gasteiger partial charge >= 0.3 is 0 Å². The molecular formula is C11H23B. The van der Waals surface area contributed by atoms with Crippen LogP contribution in [0.4, 0.5) is 0 Å². The first kappa shape index (κ1) is 12.1. The summed E-state index contributed by atoms with van der Waals surface area (Å²) in [5.74, 6) is 0.734. The monoisotopic (exact) mass is 166 g/mol. The molecular weight excluding hydrogens is 143 g/mol. The normalized spacial score (nSPS) is 17.9. The van der Waals surface area contributed by atoms with E-state index in [4.69, 9.17) is 7.85 Å². The second kappa shape index (κ2) is 3.85. The van der Waals surface area contributed by atoms with Crippen molar-refractivity contribution in [3.8, 4) is 0 Å². The summed E-state index contributed by atoms with van der Waals surface area (Å²) >= 11 is 0. The Morgan fingerprint density at radius 2 is 1.58 bits per heavy atom. The molecule has 0 N–H and O–H groups in total. The van der Waals surface area contributed by atoms with Crippen LogP contribution in [0, 0.1) is 11.3 Å². The van der Waals surface area contributed by atoms with Gasteiger partial charge in [0.25, 0.3) is 0 Å². The molecule has 0 rings (SSSR count). The molecule has 0 aliphatic heterocycles. The van der Waals surface area contributed by atoms with E-state index in [1.165, 1.54) is 6.42 Å². The van der Waals surface area contributed by atoms with E-state index in [-0.39, 0.29) is 10.7 Å². The van der Waals surface area contributed by atoms with Crippen molar-refractivity contribution in [2.75, 3.05) is 0 Å². The van der Waals surface area contributed by atoms with Gasteiger partial charge in [-0.05, 0) is 17.8 Å². The summed E-state index contributed by atoms with van der Waals surface area (Å²) in [6.07, 6.45) is 2.38. The molecule has 0 aliphatic rings. The molecule has 0 amide bonds. The Morgan fingerprint density at radius 3 is 1.67 bits per heavy atom. The fraction of sp³-hybridized carbons (Fsp3) is 1.00. The fourth-order valence-electron chi connectivity index (χ4n) is 1.76. The van der Waals surface area contributed by atoms with Crippen molar-refractivity contribution in [1.29, 1.82) is 0 Å². The van der Waals surface area contributed by atoms with E-state index < -0.39 is 0 Å². The highest BCUT2D eigenvalue weighted by molar-refractivity contribution is 6.15. The van der Waals surface area contributed by atoms with Crippen molar-refractivity contribution in [2.24, 2.45) is 11.3 Å². The van der Waals surface area contributed by atoms with Gasteiger partial charge in [0.1, 0.15) is 0 Å².